The molecule has 1 aromatic heterocycles. The van der Waals surface area contributed by atoms with Crippen LogP contribution in [0.2, 0.25) is 0 Å². The van der Waals surface area contributed by atoms with Crippen molar-refractivity contribution in [2.45, 2.75) is 4.34 Å². The van der Waals surface area contributed by atoms with Gasteiger partial charge in [0.1, 0.15) is 5.75 Å². The van der Waals surface area contributed by atoms with E-state index in [1.807, 2.05) is 31.1 Å². The van der Waals surface area contributed by atoms with E-state index in [1.165, 1.54) is 23.1 Å². The molecule has 0 radical (unpaired) electrons. The van der Waals surface area contributed by atoms with Gasteiger partial charge in [0.25, 0.3) is 0 Å². The number of hydrogen-bond acceptors (Lipinski definition) is 7. The van der Waals surface area contributed by atoms with E-state index in [1.54, 1.807) is 19.2 Å². The summed E-state index contributed by atoms with van der Waals surface area (Å²) >= 11 is 2.88. The van der Waals surface area contributed by atoms with E-state index < -0.39 is 0 Å². The van der Waals surface area contributed by atoms with Crippen molar-refractivity contribution >= 4 is 34.0 Å². The third-order valence-corrected chi connectivity index (χ3v) is 4.72. The second-order valence-electron chi connectivity index (χ2n) is 4.19. The van der Waals surface area contributed by atoms with Gasteiger partial charge in [0.2, 0.25) is 5.13 Å². The minimum atomic E-state index is 0.0514. The summed E-state index contributed by atoms with van der Waals surface area (Å²) in [5, 5.41) is 8.92. The van der Waals surface area contributed by atoms with Crippen LogP contribution in [0.3, 0.4) is 0 Å². The molecule has 0 unspecified atom stereocenters. The molecular weight excluding hydrogens is 294 g/mol. The van der Waals surface area contributed by atoms with Gasteiger partial charge in [-0.15, -0.1) is 10.2 Å². The number of rotatable bonds is 6. The average molecular weight is 309 g/mol. The Morgan fingerprint density at radius 2 is 2.20 bits per heavy atom. The van der Waals surface area contributed by atoms with Crippen LogP contribution in [0.4, 0.5) is 5.13 Å². The Balaban J connectivity index is 1.97. The van der Waals surface area contributed by atoms with Crippen molar-refractivity contribution in [1.29, 1.82) is 0 Å². The van der Waals surface area contributed by atoms with Gasteiger partial charge in [-0.25, -0.2) is 0 Å². The largest absolute Gasteiger partial charge is 0.497 e. The van der Waals surface area contributed by atoms with Crippen LogP contribution in [-0.4, -0.2) is 42.9 Å². The van der Waals surface area contributed by atoms with Gasteiger partial charge in [0.15, 0.2) is 10.1 Å². The highest BCUT2D eigenvalue weighted by Gasteiger charge is 2.11. The third-order valence-electron chi connectivity index (χ3n) is 2.50. The maximum absolute atomic E-state index is 12.1. The molecule has 0 aliphatic rings. The van der Waals surface area contributed by atoms with Crippen molar-refractivity contribution in [2.75, 3.05) is 31.9 Å². The van der Waals surface area contributed by atoms with Crippen molar-refractivity contribution in [2.24, 2.45) is 0 Å². The zero-order chi connectivity index (χ0) is 14.5. The molecule has 0 saturated carbocycles. The lowest BCUT2D eigenvalue weighted by molar-refractivity contribution is 0.102. The molecule has 0 bridgehead atoms. The molecule has 2 rings (SSSR count). The molecule has 20 heavy (non-hydrogen) atoms. The molecule has 0 spiro atoms. The summed E-state index contributed by atoms with van der Waals surface area (Å²) in [5.41, 5.74) is 0.647. The summed E-state index contributed by atoms with van der Waals surface area (Å²) in [5.74, 6) is 1.08. The number of benzene rings is 1. The van der Waals surface area contributed by atoms with E-state index in [2.05, 4.69) is 10.2 Å². The van der Waals surface area contributed by atoms with E-state index in [9.17, 15) is 4.79 Å². The quantitative estimate of drug-likeness (QED) is 0.604. The minimum Gasteiger partial charge on any atom is -0.497 e. The molecule has 5 nitrogen and oxygen atoms in total. The number of anilines is 1. The molecule has 106 valence electrons. The monoisotopic (exact) mass is 309 g/mol. The highest BCUT2D eigenvalue weighted by Crippen LogP contribution is 2.27. The van der Waals surface area contributed by atoms with Gasteiger partial charge in [-0.3, -0.25) is 4.79 Å². The lowest BCUT2D eigenvalue weighted by Gasteiger charge is -2.04. The van der Waals surface area contributed by atoms with Gasteiger partial charge in [-0.05, 0) is 12.1 Å². The van der Waals surface area contributed by atoms with E-state index in [-0.39, 0.29) is 5.78 Å². The smallest absolute Gasteiger partial charge is 0.208 e. The normalized spacial score (nSPS) is 10.3. The van der Waals surface area contributed by atoms with Crippen molar-refractivity contribution in [3.8, 4) is 5.75 Å². The number of hydrogen-bond donors (Lipinski definition) is 0. The molecule has 2 aromatic rings. The van der Waals surface area contributed by atoms with Gasteiger partial charge in [0, 0.05) is 19.7 Å². The second-order valence-corrected chi connectivity index (χ2v) is 6.37. The number of carbonyl (C=O) groups is 1. The molecule has 0 fully saturated rings. The number of methoxy groups -OCH3 is 1. The number of ether oxygens (including phenoxy) is 1. The van der Waals surface area contributed by atoms with Crippen molar-refractivity contribution in [3.63, 3.8) is 0 Å². The average Bonchev–Trinajstić information content (AvgIpc) is 2.94. The Kier molecular flexibility index (Phi) is 4.97. The summed E-state index contributed by atoms with van der Waals surface area (Å²) in [7, 11) is 5.41. The molecular formula is C13H15N3O2S2. The van der Waals surface area contributed by atoms with E-state index in [0.717, 1.165) is 9.47 Å². The number of aromatic nitrogens is 2. The van der Waals surface area contributed by atoms with Gasteiger partial charge in [-0.2, -0.15) is 0 Å². The van der Waals surface area contributed by atoms with Crippen molar-refractivity contribution < 1.29 is 9.53 Å². The van der Waals surface area contributed by atoms with Crippen LogP contribution in [0, 0.1) is 0 Å². The van der Waals surface area contributed by atoms with Crippen LogP contribution in [0.5, 0.6) is 5.75 Å². The van der Waals surface area contributed by atoms with Gasteiger partial charge < -0.3 is 9.64 Å². The first-order chi connectivity index (χ1) is 9.60. The fraction of sp³-hybridized carbons (Fsp3) is 0.308. The number of thioether (sulfide) groups is 1. The molecule has 1 aromatic carbocycles. The first-order valence-corrected chi connectivity index (χ1v) is 7.71. The fourth-order valence-corrected chi connectivity index (χ4v) is 3.11. The van der Waals surface area contributed by atoms with Gasteiger partial charge in [-0.1, -0.05) is 35.2 Å². The van der Waals surface area contributed by atoms with Crippen LogP contribution in [0.1, 0.15) is 10.4 Å². The maximum atomic E-state index is 12.1. The predicted molar refractivity (Wildman–Crippen MR) is 82.3 cm³/mol. The number of nitrogens with zero attached hydrogens (tertiary/aromatic N) is 3. The van der Waals surface area contributed by atoms with E-state index in [4.69, 9.17) is 4.74 Å². The molecule has 0 aliphatic heterocycles. The molecule has 0 saturated heterocycles. The first-order valence-electron chi connectivity index (χ1n) is 5.91. The maximum Gasteiger partial charge on any atom is 0.208 e. The molecule has 0 amide bonds. The molecule has 0 N–H and O–H groups in total. The van der Waals surface area contributed by atoms with Gasteiger partial charge in [0.05, 0.1) is 12.9 Å². The van der Waals surface area contributed by atoms with Crippen molar-refractivity contribution in [1.82, 2.24) is 10.2 Å². The second kappa shape index (κ2) is 6.71. The first kappa shape index (κ1) is 14.8. The van der Waals surface area contributed by atoms with Crippen LogP contribution >= 0.6 is 23.1 Å². The Labute approximate surface area is 126 Å². The standard InChI is InChI=1S/C13H15N3O2S2/c1-16(2)12-14-15-13(20-12)19-8-11(17)9-5-4-6-10(7-9)18-3/h4-7H,8H2,1-3H3. The lowest BCUT2D eigenvalue weighted by atomic mass is 10.1. The van der Waals surface area contributed by atoms with Crippen molar-refractivity contribution in [3.05, 3.63) is 29.8 Å². The van der Waals surface area contributed by atoms with E-state index >= 15 is 0 Å². The zero-order valence-corrected chi connectivity index (χ0v) is 13.1. The van der Waals surface area contributed by atoms with Crippen LogP contribution in [0.25, 0.3) is 0 Å². The third kappa shape index (κ3) is 3.71. The summed E-state index contributed by atoms with van der Waals surface area (Å²) in [6.45, 7) is 0. The fourth-order valence-electron chi connectivity index (χ4n) is 1.45. The highest BCUT2D eigenvalue weighted by molar-refractivity contribution is 8.01. The SMILES string of the molecule is COc1cccc(C(=O)CSc2nnc(N(C)C)s2)c1. The Morgan fingerprint density at radius 3 is 2.85 bits per heavy atom. The van der Waals surface area contributed by atoms with Crippen LogP contribution in [-0.2, 0) is 0 Å². The minimum absolute atomic E-state index is 0.0514. The van der Waals surface area contributed by atoms with Gasteiger partial charge >= 0.3 is 0 Å². The molecule has 1 heterocycles. The highest BCUT2D eigenvalue weighted by atomic mass is 32.2. The summed E-state index contributed by atoms with van der Waals surface area (Å²) in [6, 6.07) is 7.16. The van der Waals surface area contributed by atoms with Crippen LogP contribution in [0.15, 0.2) is 28.6 Å². The predicted octanol–water partition coefficient (Wildman–Crippen LogP) is 2.59. The zero-order valence-electron chi connectivity index (χ0n) is 11.5. The topological polar surface area (TPSA) is 55.3 Å². The summed E-state index contributed by atoms with van der Waals surface area (Å²) in [6.07, 6.45) is 0. The summed E-state index contributed by atoms with van der Waals surface area (Å²) < 4.78 is 5.91. The number of Topliss-reactive ketones (excluding diaryl/α,β-unsaturated/α-hetero) is 1. The molecule has 0 atom stereocenters. The number of ketones is 1. The Morgan fingerprint density at radius 1 is 1.40 bits per heavy atom. The van der Waals surface area contributed by atoms with E-state index in [0.29, 0.717) is 17.1 Å². The van der Waals surface area contributed by atoms with Crippen LogP contribution < -0.4 is 9.64 Å². The molecule has 7 heteroatoms. The Hall–Kier alpha value is -1.60. The lowest BCUT2D eigenvalue weighted by Crippen LogP contribution is -2.07. The molecule has 0 aliphatic carbocycles. The Bertz CT molecular complexity index is 599. The number of carbonyl (C=O) groups excluding carboxylic acids is 1. The summed E-state index contributed by atoms with van der Waals surface area (Å²) in [4.78, 5) is 14.0.